The molecular formula is C16H32N3O5PS. The maximum Gasteiger partial charge on any atom is 0.145 e. The maximum atomic E-state index is 6.17. The molecule has 3 aliphatic rings. The van der Waals surface area contributed by atoms with E-state index in [1.165, 1.54) is 0 Å². The van der Waals surface area contributed by atoms with Crippen LogP contribution in [-0.4, -0.2) is 119 Å². The van der Waals surface area contributed by atoms with Gasteiger partial charge in [0, 0.05) is 39.3 Å². The van der Waals surface area contributed by atoms with Gasteiger partial charge in [-0.25, -0.2) is 14.0 Å². The standard InChI is InChI=1S/C16H32N3O5PS/c26-25(17-1-2-17,18-3-4-18)19-5-7-20-9-11-22-13-15-24-16-14-23-12-10-21-8-6-19/h1-16H2. The first-order valence-electron chi connectivity index (χ1n) is 9.57. The molecule has 8 nitrogen and oxygen atoms in total. The second-order valence-corrected chi connectivity index (χ2v) is 10.6. The van der Waals surface area contributed by atoms with E-state index < -0.39 is 6.49 Å². The van der Waals surface area contributed by atoms with Crippen molar-refractivity contribution in [3.63, 3.8) is 0 Å². The molecule has 152 valence electrons. The lowest BCUT2D eigenvalue weighted by Gasteiger charge is -2.36. The molecule has 26 heavy (non-hydrogen) atoms. The number of hydrogen-bond donors (Lipinski definition) is 0. The molecular weight excluding hydrogens is 377 g/mol. The predicted octanol–water partition coefficient (Wildman–Crippen LogP) is 0.241. The number of ether oxygens (including phenoxy) is 5. The molecule has 0 unspecified atom stereocenters. The summed E-state index contributed by atoms with van der Waals surface area (Å²) in [7, 11) is 0. The molecule has 3 fully saturated rings. The van der Waals surface area contributed by atoms with Crippen molar-refractivity contribution in [2.75, 3.05) is 105 Å². The van der Waals surface area contributed by atoms with E-state index in [9.17, 15) is 0 Å². The first kappa shape index (κ1) is 21.0. The molecule has 0 amide bonds. The molecule has 0 aromatic carbocycles. The van der Waals surface area contributed by atoms with Gasteiger partial charge < -0.3 is 23.7 Å². The molecule has 10 heteroatoms. The molecule has 3 heterocycles. The molecule has 0 saturated carbocycles. The number of rotatable bonds is 3. The zero-order valence-electron chi connectivity index (χ0n) is 15.6. The summed E-state index contributed by atoms with van der Waals surface area (Å²) in [4.78, 5) is 0. The summed E-state index contributed by atoms with van der Waals surface area (Å²) in [5.41, 5.74) is 0. The average Bonchev–Trinajstić information content (AvgIpc) is 3.52. The second kappa shape index (κ2) is 11.4. The van der Waals surface area contributed by atoms with Gasteiger partial charge in [-0.3, -0.25) is 0 Å². The van der Waals surface area contributed by atoms with Gasteiger partial charge in [-0.15, -0.1) is 0 Å². The number of nitrogens with zero attached hydrogens (tertiary/aromatic N) is 3. The molecule has 3 saturated heterocycles. The fourth-order valence-corrected chi connectivity index (χ4v) is 7.29. The summed E-state index contributed by atoms with van der Waals surface area (Å²) >= 11 is 6.17. The topological polar surface area (TPSA) is 55.4 Å². The van der Waals surface area contributed by atoms with Crippen LogP contribution in [0.1, 0.15) is 0 Å². The predicted molar refractivity (Wildman–Crippen MR) is 103 cm³/mol. The molecule has 0 aliphatic carbocycles. The third-order valence-electron chi connectivity index (χ3n) is 4.43. The van der Waals surface area contributed by atoms with Crippen LogP contribution in [0.3, 0.4) is 0 Å². The lowest BCUT2D eigenvalue weighted by Crippen LogP contribution is -2.33. The Hall–Kier alpha value is 0.330. The van der Waals surface area contributed by atoms with Gasteiger partial charge >= 0.3 is 0 Å². The summed E-state index contributed by atoms with van der Waals surface area (Å²) in [6.45, 7) is 10.5. The minimum atomic E-state index is -1.78. The van der Waals surface area contributed by atoms with Gasteiger partial charge in [-0.05, 0) is 11.8 Å². The van der Waals surface area contributed by atoms with Crippen LogP contribution in [0.2, 0.25) is 0 Å². The summed E-state index contributed by atoms with van der Waals surface area (Å²) in [5, 5.41) is 0. The second-order valence-electron chi connectivity index (χ2n) is 6.44. The van der Waals surface area contributed by atoms with Crippen LogP contribution in [0.15, 0.2) is 0 Å². The normalized spacial score (nSPS) is 27.5. The summed E-state index contributed by atoms with van der Waals surface area (Å²) in [5.74, 6) is 0. The molecule has 0 aromatic rings. The smallest absolute Gasteiger partial charge is 0.145 e. The summed E-state index contributed by atoms with van der Waals surface area (Å²) in [6, 6.07) is 0. The molecule has 3 rings (SSSR count). The van der Waals surface area contributed by atoms with Crippen LogP contribution in [0.5, 0.6) is 0 Å². The van der Waals surface area contributed by atoms with Gasteiger partial charge in [-0.1, -0.05) is 0 Å². The van der Waals surface area contributed by atoms with Gasteiger partial charge in [0.1, 0.15) is 6.49 Å². The van der Waals surface area contributed by atoms with Crippen LogP contribution >= 0.6 is 6.49 Å². The van der Waals surface area contributed by atoms with Crippen molar-refractivity contribution in [1.29, 1.82) is 0 Å². The Morgan fingerprint density at radius 2 is 0.692 bits per heavy atom. The Balaban J connectivity index is 1.49. The Kier molecular flexibility index (Phi) is 9.20. The highest BCUT2D eigenvalue weighted by atomic mass is 32.4. The van der Waals surface area contributed by atoms with Crippen LogP contribution < -0.4 is 0 Å². The van der Waals surface area contributed by atoms with E-state index in [0.29, 0.717) is 66.1 Å². The van der Waals surface area contributed by atoms with E-state index in [-0.39, 0.29) is 0 Å². The van der Waals surface area contributed by atoms with Crippen molar-refractivity contribution >= 4 is 18.3 Å². The van der Waals surface area contributed by atoms with Crippen molar-refractivity contribution in [3.8, 4) is 0 Å². The molecule has 0 radical (unpaired) electrons. The number of hydrogen-bond acceptors (Lipinski definition) is 6. The minimum Gasteiger partial charge on any atom is -0.378 e. The van der Waals surface area contributed by atoms with Crippen molar-refractivity contribution in [2.45, 2.75) is 0 Å². The highest BCUT2D eigenvalue weighted by Gasteiger charge is 2.47. The lowest BCUT2D eigenvalue weighted by atomic mass is 10.6. The van der Waals surface area contributed by atoms with Crippen molar-refractivity contribution in [2.24, 2.45) is 0 Å². The van der Waals surface area contributed by atoms with E-state index in [0.717, 1.165) is 39.3 Å². The van der Waals surface area contributed by atoms with E-state index >= 15 is 0 Å². The van der Waals surface area contributed by atoms with E-state index in [4.69, 9.17) is 35.5 Å². The fourth-order valence-electron chi connectivity index (χ4n) is 2.84. The monoisotopic (exact) mass is 409 g/mol. The van der Waals surface area contributed by atoms with Crippen LogP contribution in [0.4, 0.5) is 0 Å². The average molecular weight is 409 g/mol. The molecule has 0 spiro atoms. The molecule has 0 aromatic heterocycles. The summed E-state index contributed by atoms with van der Waals surface area (Å²) < 4.78 is 35.3. The van der Waals surface area contributed by atoms with Crippen LogP contribution in [0.25, 0.3) is 0 Å². The fraction of sp³-hybridized carbons (Fsp3) is 1.00. The lowest BCUT2D eigenvalue weighted by molar-refractivity contribution is -0.0152. The SMILES string of the molecule is S=P(N1CCOCCOCCOCCOCCOCC1)(N1CC1)N1CC1. The molecule has 3 aliphatic heterocycles. The third kappa shape index (κ3) is 6.74. The Morgan fingerprint density at radius 3 is 1.00 bits per heavy atom. The van der Waals surface area contributed by atoms with Crippen molar-refractivity contribution in [1.82, 2.24) is 14.0 Å². The molecule has 0 N–H and O–H groups in total. The first-order chi connectivity index (χ1) is 12.8. The van der Waals surface area contributed by atoms with E-state index in [1.54, 1.807) is 0 Å². The Morgan fingerprint density at radius 1 is 0.423 bits per heavy atom. The van der Waals surface area contributed by atoms with Crippen LogP contribution in [0, 0.1) is 0 Å². The third-order valence-corrected chi connectivity index (χ3v) is 9.92. The van der Waals surface area contributed by atoms with Gasteiger partial charge in [0.15, 0.2) is 0 Å². The van der Waals surface area contributed by atoms with Gasteiger partial charge in [0.05, 0.1) is 66.1 Å². The van der Waals surface area contributed by atoms with Crippen LogP contribution in [-0.2, 0) is 35.5 Å². The zero-order valence-corrected chi connectivity index (χ0v) is 17.3. The first-order valence-corrected chi connectivity index (χ1v) is 12.2. The minimum absolute atomic E-state index is 0.586. The highest BCUT2D eigenvalue weighted by Crippen LogP contribution is 2.62. The quantitative estimate of drug-likeness (QED) is 0.482. The molecule has 0 atom stereocenters. The van der Waals surface area contributed by atoms with E-state index in [2.05, 4.69) is 14.0 Å². The van der Waals surface area contributed by atoms with Gasteiger partial charge in [-0.2, -0.15) is 0 Å². The largest absolute Gasteiger partial charge is 0.378 e. The summed E-state index contributed by atoms with van der Waals surface area (Å²) in [6.07, 6.45) is 0. The maximum absolute atomic E-state index is 6.17. The molecule has 0 bridgehead atoms. The zero-order chi connectivity index (χ0) is 18.1. The van der Waals surface area contributed by atoms with Crippen molar-refractivity contribution in [3.05, 3.63) is 0 Å². The Bertz CT molecular complexity index is 420. The Labute approximate surface area is 161 Å². The van der Waals surface area contributed by atoms with Gasteiger partial charge in [0.25, 0.3) is 0 Å². The van der Waals surface area contributed by atoms with Crippen molar-refractivity contribution < 1.29 is 23.7 Å². The van der Waals surface area contributed by atoms with E-state index in [1.807, 2.05) is 0 Å². The van der Waals surface area contributed by atoms with Gasteiger partial charge in [0.2, 0.25) is 0 Å². The highest BCUT2D eigenvalue weighted by molar-refractivity contribution is 8.11.